The first-order valence-electron chi connectivity index (χ1n) is 7.08. The van der Waals surface area contributed by atoms with Crippen molar-refractivity contribution in [3.05, 3.63) is 0 Å². The van der Waals surface area contributed by atoms with E-state index in [-0.39, 0.29) is 0 Å². The standard InChI is InChI=1S/C14H28N2/c1-4-15-8-5-6-14(11-15)7-9-16(12-14)10-13(2)3/h13H,4-12H2,1-3H3. The van der Waals surface area contributed by atoms with Crippen LogP contribution < -0.4 is 0 Å². The number of hydrogen-bond acceptors (Lipinski definition) is 2. The zero-order valence-electron chi connectivity index (χ0n) is 11.3. The van der Waals surface area contributed by atoms with Gasteiger partial charge >= 0.3 is 0 Å². The molecule has 1 unspecified atom stereocenters. The highest BCUT2D eigenvalue weighted by Gasteiger charge is 2.40. The molecule has 2 saturated heterocycles. The van der Waals surface area contributed by atoms with Crippen LogP contribution in [-0.4, -0.2) is 49.1 Å². The van der Waals surface area contributed by atoms with E-state index in [1.165, 1.54) is 58.5 Å². The summed E-state index contributed by atoms with van der Waals surface area (Å²) >= 11 is 0. The summed E-state index contributed by atoms with van der Waals surface area (Å²) in [6, 6.07) is 0. The predicted octanol–water partition coefficient (Wildman–Crippen LogP) is 2.45. The fourth-order valence-electron chi connectivity index (χ4n) is 3.61. The van der Waals surface area contributed by atoms with Crippen molar-refractivity contribution < 1.29 is 0 Å². The third kappa shape index (κ3) is 2.78. The van der Waals surface area contributed by atoms with Crippen LogP contribution >= 0.6 is 0 Å². The third-order valence-corrected chi connectivity index (χ3v) is 4.33. The van der Waals surface area contributed by atoms with E-state index in [2.05, 4.69) is 30.6 Å². The molecule has 2 aliphatic heterocycles. The molecular weight excluding hydrogens is 196 g/mol. The molecule has 2 rings (SSSR count). The van der Waals surface area contributed by atoms with Gasteiger partial charge in [0.05, 0.1) is 0 Å². The maximum atomic E-state index is 2.70. The van der Waals surface area contributed by atoms with Crippen molar-refractivity contribution in [3.63, 3.8) is 0 Å². The van der Waals surface area contributed by atoms with E-state index in [4.69, 9.17) is 0 Å². The van der Waals surface area contributed by atoms with Gasteiger partial charge < -0.3 is 9.80 Å². The Morgan fingerprint density at radius 3 is 2.50 bits per heavy atom. The number of nitrogens with zero attached hydrogens (tertiary/aromatic N) is 2. The summed E-state index contributed by atoms with van der Waals surface area (Å²) in [5.41, 5.74) is 0.656. The van der Waals surface area contributed by atoms with Crippen LogP contribution in [0.15, 0.2) is 0 Å². The summed E-state index contributed by atoms with van der Waals surface area (Å²) in [5, 5.41) is 0. The molecule has 1 atom stereocenters. The maximum absolute atomic E-state index is 2.70. The molecule has 2 nitrogen and oxygen atoms in total. The molecule has 2 fully saturated rings. The van der Waals surface area contributed by atoms with Crippen LogP contribution in [-0.2, 0) is 0 Å². The van der Waals surface area contributed by atoms with E-state index < -0.39 is 0 Å². The lowest BCUT2D eigenvalue weighted by atomic mass is 9.79. The van der Waals surface area contributed by atoms with E-state index in [0.29, 0.717) is 5.41 Å². The van der Waals surface area contributed by atoms with Crippen LogP contribution in [0.4, 0.5) is 0 Å². The Hall–Kier alpha value is -0.0800. The van der Waals surface area contributed by atoms with Crippen molar-refractivity contribution >= 4 is 0 Å². The molecule has 0 amide bonds. The molecule has 0 aromatic carbocycles. The Kier molecular flexibility index (Phi) is 3.91. The molecule has 2 aliphatic rings. The Morgan fingerprint density at radius 1 is 1.06 bits per heavy atom. The average molecular weight is 224 g/mol. The third-order valence-electron chi connectivity index (χ3n) is 4.33. The van der Waals surface area contributed by atoms with Crippen molar-refractivity contribution in [3.8, 4) is 0 Å². The monoisotopic (exact) mass is 224 g/mol. The molecule has 0 aromatic rings. The van der Waals surface area contributed by atoms with Gasteiger partial charge in [-0.3, -0.25) is 0 Å². The SMILES string of the molecule is CCN1CCCC2(CCN(CC(C)C)C2)C1. The Balaban J connectivity index is 1.89. The van der Waals surface area contributed by atoms with Gasteiger partial charge in [0.2, 0.25) is 0 Å². The average Bonchev–Trinajstić information content (AvgIpc) is 2.60. The van der Waals surface area contributed by atoms with Crippen molar-refractivity contribution in [2.24, 2.45) is 11.3 Å². The zero-order valence-corrected chi connectivity index (χ0v) is 11.3. The van der Waals surface area contributed by atoms with Crippen LogP contribution in [0.2, 0.25) is 0 Å². The Labute approximate surface area is 101 Å². The molecule has 0 saturated carbocycles. The molecule has 2 heteroatoms. The van der Waals surface area contributed by atoms with Gasteiger partial charge in [-0.1, -0.05) is 20.8 Å². The molecule has 0 radical (unpaired) electrons. The van der Waals surface area contributed by atoms with Gasteiger partial charge in [0.25, 0.3) is 0 Å². The summed E-state index contributed by atoms with van der Waals surface area (Å²) in [7, 11) is 0. The predicted molar refractivity (Wildman–Crippen MR) is 69.7 cm³/mol. The van der Waals surface area contributed by atoms with Crippen molar-refractivity contribution in [1.29, 1.82) is 0 Å². The van der Waals surface area contributed by atoms with Crippen molar-refractivity contribution in [2.75, 3.05) is 39.3 Å². The first kappa shape index (κ1) is 12.4. The smallest absolute Gasteiger partial charge is 0.00508 e. The summed E-state index contributed by atoms with van der Waals surface area (Å²) < 4.78 is 0. The van der Waals surface area contributed by atoms with Crippen LogP contribution in [0.1, 0.15) is 40.0 Å². The molecule has 94 valence electrons. The van der Waals surface area contributed by atoms with Gasteiger partial charge in [0, 0.05) is 19.6 Å². The van der Waals surface area contributed by atoms with E-state index in [0.717, 1.165) is 5.92 Å². The molecule has 0 N–H and O–H groups in total. The quantitative estimate of drug-likeness (QED) is 0.726. The molecule has 16 heavy (non-hydrogen) atoms. The lowest BCUT2D eigenvalue weighted by molar-refractivity contribution is 0.0956. The largest absolute Gasteiger partial charge is 0.303 e. The number of rotatable bonds is 3. The lowest BCUT2D eigenvalue weighted by Crippen LogP contribution is -2.44. The van der Waals surface area contributed by atoms with Gasteiger partial charge in [-0.15, -0.1) is 0 Å². The molecular formula is C14H28N2. The van der Waals surface area contributed by atoms with Crippen LogP contribution in [0.3, 0.4) is 0 Å². The van der Waals surface area contributed by atoms with Gasteiger partial charge in [-0.25, -0.2) is 0 Å². The van der Waals surface area contributed by atoms with Crippen LogP contribution in [0.25, 0.3) is 0 Å². The van der Waals surface area contributed by atoms with E-state index in [1.807, 2.05) is 0 Å². The summed E-state index contributed by atoms with van der Waals surface area (Å²) in [6.07, 6.45) is 4.33. The second-order valence-corrected chi connectivity index (χ2v) is 6.35. The minimum Gasteiger partial charge on any atom is -0.303 e. The van der Waals surface area contributed by atoms with Crippen molar-refractivity contribution in [2.45, 2.75) is 40.0 Å². The summed E-state index contributed by atoms with van der Waals surface area (Å²) in [5.74, 6) is 0.820. The molecule has 0 aliphatic carbocycles. The van der Waals surface area contributed by atoms with Gasteiger partial charge in [-0.2, -0.15) is 0 Å². The molecule has 0 aromatic heterocycles. The van der Waals surface area contributed by atoms with Crippen LogP contribution in [0.5, 0.6) is 0 Å². The Bertz CT molecular complexity index is 227. The maximum Gasteiger partial charge on any atom is 0.00508 e. The summed E-state index contributed by atoms with van der Waals surface area (Å²) in [6.45, 7) is 14.9. The summed E-state index contributed by atoms with van der Waals surface area (Å²) in [4.78, 5) is 5.35. The van der Waals surface area contributed by atoms with E-state index in [9.17, 15) is 0 Å². The minimum atomic E-state index is 0.656. The topological polar surface area (TPSA) is 6.48 Å². The number of likely N-dealkylation sites (tertiary alicyclic amines) is 2. The fraction of sp³-hybridized carbons (Fsp3) is 1.00. The van der Waals surface area contributed by atoms with Crippen molar-refractivity contribution in [1.82, 2.24) is 9.80 Å². The normalized spacial score (nSPS) is 33.0. The number of hydrogen-bond donors (Lipinski definition) is 0. The van der Waals surface area contributed by atoms with E-state index in [1.54, 1.807) is 0 Å². The fourth-order valence-corrected chi connectivity index (χ4v) is 3.61. The molecule has 0 bridgehead atoms. The van der Waals surface area contributed by atoms with E-state index >= 15 is 0 Å². The molecule has 2 heterocycles. The lowest BCUT2D eigenvalue weighted by Gasteiger charge is -2.40. The highest BCUT2D eigenvalue weighted by molar-refractivity contribution is 4.94. The highest BCUT2D eigenvalue weighted by Crippen LogP contribution is 2.38. The second kappa shape index (κ2) is 5.05. The first-order chi connectivity index (χ1) is 7.63. The molecule has 1 spiro atoms. The zero-order chi connectivity index (χ0) is 11.6. The van der Waals surface area contributed by atoms with Crippen LogP contribution in [0, 0.1) is 11.3 Å². The highest BCUT2D eigenvalue weighted by atomic mass is 15.2. The second-order valence-electron chi connectivity index (χ2n) is 6.35. The first-order valence-corrected chi connectivity index (χ1v) is 7.08. The Morgan fingerprint density at radius 2 is 1.81 bits per heavy atom. The van der Waals surface area contributed by atoms with Gasteiger partial charge in [0.1, 0.15) is 0 Å². The van der Waals surface area contributed by atoms with Gasteiger partial charge in [-0.05, 0) is 50.2 Å². The van der Waals surface area contributed by atoms with Gasteiger partial charge in [0.15, 0.2) is 0 Å². The number of piperidine rings is 1. The minimum absolute atomic E-state index is 0.656.